The van der Waals surface area contributed by atoms with E-state index in [4.69, 9.17) is 0 Å². The number of likely N-dealkylation sites (N-methyl/N-ethyl adjacent to an activating group) is 1. The van der Waals surface area contributed by atoms with E-state index in [9.17, 15) is 0 Å². The van der Waals surface area contributed by atoms with Crippen LogP contribution in [0.3, 0.4) is 0 Å². The SMILES string of the molecule is CN=C(NCC1CCCS1)NCC(C)N(C)c1ccccc1.I. The summed E-state index contributed by atoms with van der Waals surface area (Å²) in [7, 11) is 3.97. The van der Waals surface area contributed by atoms with Gasteiger partial charge in [-0.25, -0.2) is 0 Å². The number of benzene rings is 1. The van der Waals surface area contributed by atoms with E-state index in [-0.39, 0.29) is 24.0 Å². The first kappa shape index (κ1) is 20.4. The van der Waals surface area contributed by atoms with Gasteiger partial charge in [-0.1, -0.05) is 18.2 Å². The van der Waals surface area contributed by atoms with E-state index < -0.39 is 0 Å². The summed E-state index contributed by atoms with van der Waals surface area (Å²) in [5, 5.41) is 7.62. The van der Waals surface area contributed by atoms with Crippen LogP contribution in [-0.2, 0) is 0 Å². The van der Waals surface area contributed by atoms with E-state index in [2.05, 4.69) is 70.5 Å². The lowest BCUT2D eigenvalue weighted by Gasteiger charge is -2.28. The van der Waals surface area contributed by atoms with Crippen LogP contribution in [0.15, 0.2) is 35.3 Å². The van der Waals surface area contributed by atoms with Crippen molar-refractivity contribution in [1.82, 2.24) is 10.6 Å². The zero-order valence-corrected chi connectivity index (χ0v) is 17.4. The molecular formula is C17H29IN4S. The molecule has 1 saturated heterocycles. The maximum absolute atomic E-state index is 4.32. The Balaban J connectivity index is 0.00000264. The molecule has 0 spiro atoms. The van der Waals surface area contributed by atoms with Gasteiger partial charge in [0.05, 0.1) is 0 Å². The van der Waals surface area contributed by atoms with Crippen molar-refractivity contribution in [2.24, 2.45) is 4.99 Å². The van der Waals surface area contributed by atoms with Crippen LogP contribution in [0.4, 0.5) is 5.69 Å². The number of hydrogen-bond acceptors (Lipinski definition) is 3. The fourth-order valence-corrected chi connectivity index (χ4v) is 3.74. The minimum absolute atomic E-state index is 0. The van der Waals surface area contributed by atoms with Gasteiger partial charge in [0.15, 0.2) is 5.96 Å². The Kier molecular flexibility index (Phi) is 9.78. The van der Waals surface area contributed by atoms with Crippen molar-refractivity contribution in [2.45, 2.75) is 31.1 Å². The molecule has 0 aromatic heterocycles. The Morgan fingerprint density at radius 1 is 1.35 bits per heavy atom. The lowest BCUT2D eigenvalue weighted by molar-refractivity contribution is 0.645. The molecule has 2 atom stereocenters. The average Bonchev–Trinajstić information content (AvgIpc) is 3.08. The molecule has 4 nitrogen and oxygen atoms in total. The van der Waals surface area contributed by atoms with Gasteiger partial charge in [-0.2, -0.15) is 11.8 Å². The van der Waals surface area contributed by atoms with Crippen molar-refractivity contribution < 1.29 is 0 Å². The Morgan fingerprint density at radius 3 is 2.70 bits per heavy atom. The highest BCUT2D eigenvalue weighted by atomic mass is 127. The highest BCUT2D eigenvalue weighted by Gasteiger charge is 2.16. The van der Waals surface area contributed by atoms with Crippen LogP contribution < -0.4 is 15.5 Å². The van der Waals surface area contributed by atoms with Crippen LogP contribution in [0, 0.1) is 0 Å². The standard InChI is InChI=1S/C17H28N4S.HI/c1-14(21(3)15-8-5-4-6-9-15)12-19-17(18-2)20-13-16-10-7-11-22-16;/h4-6,8-9,14,16H,7,10-13H2,1-3H3,(H2,18,19,20);1H. The molecule has 0 aliphatic carbocycles. The normalized spacial score (nSPS) is 18.9. The monoisotopic (exact) mass is 448 g/mol. The second-order valence-electron chi connectivity index (χ2n) is 5.76. The number of hydrogen-bond donors (Lipinski definition) is 2. The zero-order valence-electron chi connectivity index (χ0n) is 14.3. The molecule has 23 heavy (non-hydrogen) atoms. The number of halogens is 1. The molecule has 0 saturated carbocycles. The smallest absolute Gasteiger partial charge is 0.191 e. The summed E-state index contributed by atoms with van der Waals surface area (Å²) in [5.74, 6) is 2.21. The van der Waals surface area contributed by atoms with Gasteiger partial charge in [-0.15, -0.1) is 24.0 Å². The zero-order chi connectivity index (χ0) is 15.8. The van der Waals surface area contributed by atoms with Crippen molar-refractivity contribution in [3.63, 3.8) is 0 Å². The number of para-hydroxylation sites is 1. The number of rotatable bonds is 6. The van der Waals surface area contributed by atoms with Crippen LogP contribution in [0.5, 0.6) is 0 Å². The van der Waals surface area contributed by atoms with Crippen molar-refractivity contribution in [2.75, 3.05) is 37.8 Å². The predicted molar refractivity (Wildman–Crippen MR) is 115 cm³/mol. The molecule has 2 N–H and O–H groups in total. The molecule has 0 bridgehead atoms. The molecule has 1 aromatic carbocycles. The number of anilines is 1. The summed E-state index contributed by atoms with van der Waals surface area (Å²) in [4.78, 5) is 6.60. The number of thioether (sulfide) groups is 1. The van der Waals surface area contributed by atoms with Crippen molar-refractivity contribution >= 4 is 47.4 Å². The van der Waals surface area contributed by atoms with Crippen LogP contribution in [0.1, 0.15) is 19.8 Å². The third-order valence-electron chi connectivity index (χ3n) is 4.13. The van der Waals surface area contributed by atoms with Crippen molar-refractivity contribution in [3.05, 3.63) is 30.3 Å². The molecular weight excluding hydrogens is 419 g/mol. The number of aliphatic imine (C=N–C) groups is 1. The first-order valence-corrected chi connectivity index (χ1v) is 9.09. The van der Waals surface area contributed by atoms with Crippen molar-refractivity contribution in [3.8, 4) is 0 Å². The summed E-state index contributed by atoms with van der Waals surface area (Å²) < 4.78 is 0. The van der Waals surface area contributed by atoms with E-state index in [1.165, 1.54) is 24.3 Å². The summed E-state index contributed by atoms with van der Waals surface area (Å²) in [6, 6.07) is 10.9. The fourth-order valence-electron chi connectivity index (χ4n) is 2.54. The van der Waals surface area contributed by atoms with Gasteiger partial charge >= 0.3 is 0 Å². The number of guanidine groups is 1. The second kappa shape index (κ2) is 11.0. The molecule has 6 heteroatoms. The van der Waals surface area contributed by atoms with E-state index in [1.807, 2.05) is 13.1 Å². The molecule has 2 unspecified atom stereocenters. The minimum Gasteiger partial charge on any atom is -0.370 e. The third kappa shape index (κ3) is 6.79. The van der Waals surface area contributed by atoms with Crippen molar-refractivity contribution in [1.29, 1.82) is 0 Å². The molecule has 1 aliphatic rings. The summed E-state index contributed by atoms with van der Waals surface area (Å²) in [6.45, 7) is 4.09. The maximum Gasteiger partial charge on any atom is 0.191 e. The molecule has 2 rings (SSSR count). The van der Waals surface area contributed by atoms with Gasteiger partial charge in [0.25, 0.3) is 0 Å². The quantitative estimate of drug-likeness (QED) is 0.399. The summed E-state index contributed by atoms with van der Waals surface area (Å²) in [5.41, 5.74) is 1.24. The Morgan fingerprint density at radius 2 is 2.09 bits per heavy atom. The molecule has 130 valence electrons. The minimum atomic E-state index is 0. The maximum atomic E-state index is 4.32. The highest BCUT2D eigenvalue weighted by molar-refractivity contribution is 14.0. The van der Waals surface area contributed by atoms with Crippen LogP contribution in [0.2, 0.25) is 0 Å². The van der Waals surface area contributed by atoms with E-state index in [0.29, 0.717) is 6.04 Å². The number of nitrogens with zero attached hydrogens (tertiary/aromatic N) is 2. The van der Waals surface area contributed by atoms with Crippen LogP contribution in [-0.4, -0.2) is 50.2 Å². The Bertz CT molecular complexity index is 463. The largest absolute Gasteiger partial charge is 0.370 e. The lowest BCUT2D eigenvalue weighted by atomic mass is 10.2. The second-order valence-corrected chi connectivity index (χ2v) is 7.17. The van der Waals surface area contributed by atoms with Gasteiger partial charge in [-0.3, -0.25) is 4.99 Å². The number of nitrogens with one attached hydrogen (secondary N) is 2. The fraction of sp³-hybridized carbons (Fsp3) is 0.588. The molecule has 1 heterocycles. The van der Waals surface area contributed by atoms with Gasteiger partial charge in [-0.05, 0) is 37.7 Å². The molecule has 1 fully saturated rings. The summed E-state index contributed by atoms with van der Waals surface area (Å²) >= 11 is 2.07. The predicted octanol–water partition coefficient (Wildman–Crippen LogP) is 3.19. The molecule has 1 aliphatic heterocycles. The first-order chi connectivity index (χ1) is 10.7. The van der Waals surface area contributed by atoms with E-state index >= 15 is 0 Å². The van der Waals surface area contributed by atoms with Crippen LogP contribution in [0.25, 0.3) is 0 Å². The third-order valence-corrected chi connectivity index (χ3v) is 5.53. The van der Waals surface area contributed by atoms with E-state index in [1.54, 1.807) is 0 Å². The Labute approximate surface area is 161 Å². The van der Waals surface area contributed by atoms with Gasteiger partial charge in [0.2, 0.25) is 0 Å². The molecule has 1 aromatic rings. The van der Waals surface area contributed by atoms with Gasteiger partial charge in [0, 0.05) is 44.2 Å². The average molecular weight is 448 g/mol. The van der Waals surface area contributed by atoms with Crippen LogP contribution >= 0.6 is 35.7 Å². The van der Waals surface area contributed by atoms with Gasteiger partial charge < -0.3 is 15.5 Å². The van der Waals surface area contributed by atoms with E-state index in [0.717, 1.165) is 24.3 Å². The van der Waals surface area contributed by atoms with Gasteiger partial charge in [0.1, 0.15) is 0 Å². The summed E-state index contributed by atoms with van der Waals surface area (Å²) in [6.07, 6.45) is 2.67. The Hall–Kier alpha value is -0.630. The lowest BCUT2D eigenvalue weighted by Crippen LogP contribution is -2.46. The first-order valence-electron chi connectivity index (χ1n) is 8.04. The molecule has 0 radical (unpaired) electrons. The molecule has 0 amide bonds. The highest BCUT2D eigenvalue weighted by Crippen LogP contribution is 2.25. The topological polar surface area (TPSA) is 39.7 Å².